The van der Waals surface area contributed by atoms with Crippen molar-refractivity contribution in [1.29, 1.82) is 0 Å². The largest absolute Gasteiger partial charge is 0.436 e. The van der Waals surface area contributed by atoms with E-state index >= 15 is 0 Å². The first-order chi connectivity index (χ1) is 9.77. The highest BCUT2D eigenvalue weighted by atomic mass is 35.5. The summed E-state index contributed by atoms with van der Waals surface area (Å²) < 4.78 is 39.9. The molecule has 1 N–H and O–H groups in total. The van der Waals surface area contributed by atoms with Crippen LogP contribution in [0.4, 0.5) is 13.2 Å². The van der Waals surface area contributed by atoms with E-state index in [0.29, 0.717) is 12.2 Å². The number of nitrogens with zero attached hydrogens (tertiary/aromatic N) is 2. The third kappa shape index (κ3) is 3.33. The molecule has 0 bridgehead atoms. The molecule has 0 radical (unpaired) electrons. The normalized spacial score (nSPS) is 16.9. The summed E-state index contributed by atoms with van der Waals surface area (Å²) in [6.07, 6.45) is -2.33. The molecule has 21 heavy (non-hydrogen) atoms. The Labute approximate surface area is 125 Å². The van der Waals surface area contributed by atoms with Gasteiger partial charge in [-0.3, -0.25) is 9.48 Å². The van der Waals surface area contributed by atoms with Gasteiger partial charge in [-0.05, 0) is 26.2 Å². The molecule has 0 aromatic carbocycles. The molecule has 1 fully saturated rings. The predicted molar refractivity (Wildman–Crippen MR) is 72.2 cm³/mol. The predicted octanol–water partition coefficient (Wildman–Crippen LogP) is 3.52. The molecule has 1 aromatic rings. The van der Waals surface area contributed by atoms with Gasteiger partial charge in [0, 0.05) is 12.5 Å². The van der Waals surface area contributed by atoms with Crippen LogP contribution in [-0.2, 0) is 11.0 Å². The van der Waals surface area contributed by atoms with E-state index in [9.17, 15) is 18.0 Å². The smallest absolute Gasteiger partial charge is 0.354 e. The summed E-state index contributed by atoms with van der Waals surface area (Å²) in [5.74, 6) is -0.394. The van der Waals surface area contributed by atoms with E-state index in [1.165, 1.54) is 6.92 Å². The van der Waals surface area contributed by atoms with Crippen molar-refractivity contribution < 1.29 is 18.0 Å². The van der Waals surface area contributed by atoms with Crippen LogP contribution in [0.3, 0.4) is 0 Å². The molecule has 1 saturated carbocycles. The topological polar surface area (TPSA) is 46.9 Å². The van der Waals surface area contributed by atoms with Crippen molar-refractivity contribution in [3.63, 3.8) is 0 Å². The average Bonchev–Trinajstić information content (AvgIpc) is 3.17. The first kappa shape index (κ1) is 16.1. The molecule has 2 rings (SSSR count). The first-order valence-corrected chi connectivity index (χ1v) is 7.28. The van der Waals surface area contributed by atoms with Crippen molar-refractivity contribution >= 4 is 17.5 Å². The SMILES string of the molecule is CCCNC(=O)C(C)n1nc(C(F)(F)F)c(Cl)c1C1CC1. The maximum atomic E-state index is 12.9. The van der Waals surface area contributed by atoms with Crippen LogP contribution in [0.25, 0.3) is 0 Å². The zero-order chi connectivity index (χ0) is 15.8. The Bertz CT molecular complexity index is 537. The maximum Gasteiger partial charge on any atom is 0.436 e. The lowest BCUT2D eigenvalue weighted by atomic mass is 10.2. The van der Waals surface area contributed by atoms with E-state index in [1.54, 1.807) is 0 Å². The Kier molecular flexibility index (Phi) is 4.51. The Morgan fingerprint density at radius 2 is 2.14 bits per heavy atom. The Morgan fingerprint density at radius 1 is 1.52 bits per heavy atom. The number of aromatic nitrogens is 2. The van der Waals surface area contributed by atoms with Crippen LogP contribution in [-0.4, -0.2) is 22.2 Å². The lowest BCUT2D eigenvalue weighted by molar-refractivity contribution is -0.141. The quantitative estimate of drug-likeness (QED) is 0.901. The fraction of sp³-hybridized carbons (Fsp3) is 0.692. The molecule has 0 saturated heterocycles. The highest BCUT2D eigenvalue weighted by molar-refractivity contribution is 6.32. The summed E-state index contributed by atoms with van der Waals surface area (Å²) in [4.78, 5) is 12.0. The van der Waals surface area contributed by atoms with Gasteiger partial charge in [-0.1, -0.05) is 18.5 Å². The van der Waals surface area contributed by atoms with Gasteiger partial charge in [0.2, 0.25) is 5.91 Å². The van der Waals surface area contributed by atoms with Crippen LogP contribution in [0.5, 0.6) is 0 Å². The first-order valence-electron chi connectivity index (χ1n) is 6.90. The van der Waals surface area contributed by atoms with Crippen LogP contribution in [0, 0.1) is 0 Å². The third-order valence-electron chi connectivity index (χ3n) is 3.42. The van der Waals surface area contributed by atoms with Crippen molar-refractivity contribution in [2.75, 3.05) is 6.54 Å². The fourth-order valence-corrected chi connectivity index (χ4v) is 2.52. The van der Waals surface area contributed by atoms with Gasteiger partial charge in [-0.15, -0.1) is 0 Å². The van der Waals surface area contributed by atoms with Crippen molar-refractivity contribution in [2.45, 2.75) is 51.2 Å². The summed E-state index contributed by atoms with van der Waals surface area (Å²) in [7, 11) is 0. The number of hydrogen-bond donors (Lipinski definition) is 1. The summed E-state index contributed by atoms with van der Waals surface area (Å²) in [5, 5.41) is 5.86. The molecule has 1 unspecified atom stereocenters. The lowest BCUT2D eigenvalue weighted by Crippen LogP contribution is -2.32. The van der Waals surface area contributed by atoms with Gasteiger partial charge in [0.25, 0.3) is 0 Å². The second kappa shape index (κ2) is 5.87. The van der Waals surface area contributed by atoms with Gasteiger partial charge in [0.1, 0.15) is 6.04 Å². The Hall–Kier alpha value is -1.24. The second-order valence-corrected chi connectivity index (χ2v) is 5.61. The maximum absolute atomic E-state index is 12.9. The molecule has 1 heterocycles. The molecule has 1 amide bonds. The summed E-state index contributed by atoms with van der Waals surface area (Å²) >= 11 is 5.87. The van der Waals surface area contributed by atoms with Crippen LogP contribution in [0.2, 0.25) is 5.02 Å². The molecular weight excluding hydrogens is 307 g/mol. The molecule has 118 valence electrons. The van der Waals surface area contributed by atoms with Crippen molar-refractivity contribution in [2.24, 2.45) is 0 Å². The summed E-state index contributed by atoms with van der Waals surface area (Å²) in [6, 6.07) is -0.819. The number of halogens is 4. The highest BCUT2D eigenvalue weighted by Crippen LogP contribution is 2.47. The molecule has 1 aliphatic carbocycles. The minimum atomic E-state index is -4.62. The fourth-order valence-electron chi connectivity index (χ4n) is 2.13. The zero-order valence-electron chi connectivity index (χ0n) is 11.8. The minimum absolute atomic E-state index is 0.0393. The Balaban J connectivity index is 2.36. The number of carbonyl (C=O) groups excluding carboxylic acids is 1. The van der Waals surface area contributed by atoms with Crippen molar-refractivity contribution in [3.8, 4) is 0 Å². The van der Waals surface area contributed by atoms with Crippen LogP contribution in [0.1, 0.15) is 56.5 Å². The van der Waals surface area contributed by atoms with E-state index in [-0.39, 0.29) is 16.8 Å². The van der Waals surface area contributed by atoms with Gasteiger partial charge in [-0.25, -0.2) is 0 Å². The molecule has 4 nitrogen and oxygen atoms in total. The second-order valence-electron chi connectivity index (χ2n) is 5.23. The van der Waals surface area contributed by atoms with Crippen molar-refractivity contribution in [1.82, 2.24) is 15.1 Å². The van der Waals surface area contributed by atoms with E-state index in [0.717, 1.165) is 23.9 Å². The van der Waals surface area contributed by atoms with Crippen LogP contribution >= 0.6 is 11.6 Å². The van der Waals surface area contributed by atoms with Crippen molar-refractivity contribution in [3.05, 3.63) is 16.4 Å². The van der Waals surface area contributed by atoms with E-state index in [2.05, 4.69) is 10.4 Å². The lowest BCUT2D eigenvalue weighted by Gasteiger charge is -2.15. The Morgan fingerprint density at radius 3 is 2.62 bits per heavy atom. The molecule has 1 aromatic heterocycles. The standard InChI is InChI=1S/C13H17ClF3N3O/c1-3-6-18-12(21)7(2)20-10(8-4-5-8)9(14)11(19-20)13(15,16)17/h7-8H,3-6H2,1-2H3,(H,18,21). The number of nitrogens with one attached hydrogen (secondary N) is 1. The molecule has 1 aliphatic rings. The summed E-state index contributed by atoms with van der Waals surface area (Å²) in [6.45, 7) is 3.90. The number of alkyl halides is 3. The molecule has 0 spiro atoms. The molecule has 0 aliphatic heterocycles. The van der Waals surface area contributed by atoms with Crippen LogP contribution < -0.4 is 5.32 Å². The minimum Gasteiger partial charge on any atom is -0.354 e. The van der Waals surface area contributed by atoms with Gasteiger partial charge in [0.05, 0.1) is 10.7 Å². The van der Waals surface area contributed by atoms with E-state index in [1.807, 2.05) is 6.92 Å². The van der Waals surface area contributed by atoms with E-state index < -0.39 is 17.9 Å². The molecular formula is C13H17ClF3N3O. The number of rotatable bonds is 5. The van der Waals surface area contributed by atoms with E-state index in [4.69, 9.17) is 11.6 Å². The third-order valence-corrected chi connectivity index (χ3v) is 3.79. The van der Waals surface area contributed by atoms with Gasteiger partial charge in [-0.2, -0.15) is 18.3 Å². The highest BCUT2D eigenvalue weighted by Gasteiger charge is 2.43. The zero-order valence-corrected chi connectivity index (χ0v) is 12.6. The average molecular weight is 324 g/mol. The molecule has 8 heteroatoms. The van der Waals surface area contributed by atoms with Gasteiger partial charge in [0.15, 0.2) is 5.69 Å². The number of hydrogen-bond acceptors (Lipinski definition) is 2. The number of carbonyl (C=O) groups is 1. The summed E-state index contributed by atoms with van der Waals surface area (Å²) in [5.41, 5.74) is -0.788. The number of amides is 1. The van der Waals surface area contributed by atoms with Crippen LogP contribution in [0.15, 0.2) is 0 Å². The molecule has 1 atom stereocenters. The monoisotopic (exact) mass is 323 g/mol. The van der Waals surface area contributed by atoms with Gasteiger partial charge < -0.3 is 5.32 Å². The van der Waals surface area contributed by atoms with Gasteiger partial charge >= 0.3 is 6.18 Å².